The van der Waals surface area contributed by atoms with Crippen molar-refractivity contribution < 1.29 is 14.6 Å². The molecule has 2 aromatic rings. The predicted octanol–water partition coefficient (Wildman–Crippen LogP) is 1.04. The first-order valence-electron chi connectivity index (χ1n) is 5.77. The van der Waals surface area contributed by atoms with Gasteiger partial charge in [0.15, 0.2) is 0 Å². The summed E-state index contributed by atoms with van der Waals surface area (Å²) in [5.41, 5.74) is 7.18. The first kappa shape index (κ1) is 13.1. The highest BCUT2D eigenvalue weighted by molar-refractivity contribution is 5.73. The highest BCUT2D eigenvalue weighted by atomic mass is 16.5. The predicted molar refractivity (Wildman–Crippen MR) is 69.9 cm³/mol. The van der Waals surface area contributed by atoms with Gasteiger partial charge in [0.05, 0.1) is 19.0 Å². The lowest BCUT2D eigenvalue weighted by Crippen LogP contribution is -2.32. The monoisotopic (exact) mass is 261 g/mol. The summed E-state index contributed by atoms with van der Waals surface area (Å²) in [7, 11) is 1.60. The number of benzene rings is 1. The Hall–Kier alpha value is -2.34. The van der Waals surface area contributed by atoms with E-state index in [0.29, 0.717) is 5.82 Å². The summed E-state index contributed by atoms with van der Waals surface area (Å²) in [6.07, 6.45) is 1.82. The normalized spacial score (nSPS) is 12.1. The molecule has 0 bridgehead atoms. The minimum atomic E-state index is -1.04. The van der Waals surface area contributed by atoms with Gasteiger partial charge in [-0.25, -0.2) is 4.98 Å². The number of methoxy groups -OCH3 is 1. The number of carbonyl (C=O) groups is 1. The second-order valence-corrected chi connectivity index (χ2v) is 4.12. The molecule has 0 radical (unpaired) electrons. The zero-order chi connectivity index (χ0) is 13.8. The highest BCUT2D eigenvalue weighted by Gasteiger charge is 2.14. The number of ether oxygens (including phenoxy) is 1. The van der Waals surface area contributed by atoms with Gasteiger partial charge in [-0.1, -0.05) is 12.1 Å². The number of nitrogens with one attached hydrogen (secondary N) is 1. The van der Waals surface area contributed by atoms with Crippen molar-refractivity contribution >= 4 is 5.97 Å². The second kappa shape index (κ2) is 5.53. The molecule has 1 aromatic heterocycles. The van der Waals surface area contributed by atoms with E-state index in [0.717, 1.165) is 17.0 Å². The molecule has 0 fully saturated rings. The maximum Gasteiger partial charge on any atom is 0.320 e. The van der Waals surface area contributed by atoms with Crippen LogP contribution in [0.25, 0.3) is 11.3 Å². The molecule has 0 saturated carbocycles. The van der Waals surface area contributed by atoms with Crippen molar-refractivity contribution in [1.29, 1.82) is 0 Å². The second-order valence-electron chi connectivity index (χ2n) is 4.12. The average molecular weight is 261 g/mol. The number of carboxylic acid groups (broad SMARTS) is 1. The van der Waals surface area contributed by atoms with Crippen molar-refractivity contribution in [3.8, 4) is 17.0 Å². The third-order valence-electron chi connectivity index (χ3n) is 2.74. The van der Waals surface area contributed by atoms with E-state index in [-0.39, 0.29) is 6.42 Å². The van der Waals surface area contributed by atoms with Crippen LogP contribution in [0.3, 0.4) is 0 Å². The summed E-state index contributed by atoms with van der Waals surface area (Å²) in [5.74, 6) is 0.253. The Morgan fingerprint density at radius 3 is 3.05 bits per heavy atom. The molecule has 0 spiro atoms. The number of hydrogen-bond acceptors (Lipinski definition) is 4. The molecule has 0 aliphatic rings. The number of rotatable bonds is 5. The number of aromatic amines is 1. The summed E-state index contributed by atoms with van der Waals surface area (Å²) in [6, 6.07) is 6.55. The molecule has 0 aliphatic carbocycles. The fourth-order valence-corrected chi connectivity index (χ4v) is 1.70. The Morgan fingerprint density at radius 1 is 1.58 bits per heavy atom. The van der Waals surface area contributed by atoms with Crippen LogP contribution >= 0.6 is 0 Å². The van der Waals surface area contributed by atoms with Crippen molar-refractivity contribution in [3.63, 3.8) is 0 Å². The van der Waals surface area contributed by atoms with Crippen molar-refractivity contribution in [2.24, 2.45) is 5.73 Å². The van der Waals surface area contributed by atoms with Gasteiger partial charge in [0.2, 0.25) is 0 Å². The molecule has 1 heterocycles. The van der Waals surface area contributed by atoms with Crippen LogP contribution in [0.2, 0.25) is 0 Å². The lowest BCUT2D eigenvalue weighted by molar-refractivity contribution is -0.138. The Morgan fingerprint density at radius 2 is 2.37 bits per heavy atom. The van der Waals surface area contributed by atoms with Crippen molar-refractivity contribution in [2.75, 3.05) is 7.11 Å². The third kappa shape index (κ3) is 3.11. The topological polar surface area (TPSA) is 101 Å². The van der Waals surface area contributed by atoms with Gasteiger partial charge in [-0.3, -0.25) is 4.79 Å². The SMILES string of the molecule is COc1cccc(-c2cnc(CC(N)C(=O)O)[nH]2)c1. The maximum atomic E-state index is 10.7. The van der Waals surface area contributed by atoms with E-state index in [1.165, 1.54) is 0 Å². The molecule has 6 nitrogen and oxygen atoms in total. The zero-order valence-electron chi connectivity index (χ0n) is 10.5. The Kier molecular flexibility index (Phi) is 3.82. The number of nitrogens with zero attached hydrogens (tertiary/aromatic N) is 1. The zero-order valence-corrected chi connectivity index (χ0v) is 10.5. The number of imidazole rings is 1. The van der Waals surface area contributed by atoms with Gasteiger partial charge in [0, 0.05) is 12.0 Å². The van der Waals surface area contributed by atoms with E-state index in [2.05, 4.69) is 9.97 Å². The number of nitrogens with two attached hydrogens (primary N) is 1. The maximum absolute atomic E-state index is 10.7. The van der Waals surface area contributed by atoms with Gasteiger partial charge in [0.1, 0.15) is 17.6 Å². The summed E-state index contributed by atoms with van der Waals surface area (Å²) < 4.78 is 5.15. The van der Waals surface area contributed by atoms with E-state index in [1.807, 2.05) is 24.3 Å². The fourth-order valence-electron chi connectivity index (χ4n) is 1.70. The lowest BCUT2D eigenvalue weighted by atomic mass is 10.1. The number of H-pyrrole nitrogens is 1. The number of aromatic nitrogens is 2. The fraction of sp³-hybridized carbons (Fsp3) is 0.231. The molecule has 1 aromatic carbocycles. The van der Waals surface area contributed by atoms with Crippen LogP contribution in [0.1, 0.15) is 5.82 Å². The molecule has 4 N–H and O–H groups in total. The molecule has 100 valence electrons. The summed E-state index contributed by atoms with van der Waals surface area (Å²) in [5, 5.41) is 8.75. The number of aliphatic carboxylic acids is 1. The first-order chi connectivity index (χ1) is 9.10. The molecule has 1 unspecified atom stereocenters. The van der Waals surface area contributed by atoms with Crippen LogP contribution in [-0.2, 0) is 11.2 Å². The van der Waals surface area contributed by atoms with E-state index in [1.54, 1.807) is 13.3 Å². The number of carboxylic acids is 1. The van der Waals surface area contributed by atoms with Crippen LogP contribution in [0.15, 0.2) is 30.5 Å². The van der Waals surface area contributed by atoms with E-state index in [9.17, 15) is 4.79 Å². The highest BCUT2D eigenvalue weighted by Crippen LogP contribution is 2.22. The molecule has 19 heavy (non-hydrogen) atoms. The van der Waals surface area contributed by atoms with Crippen LogP contribution in [-0.4, -0.2) is 34.2 Å². The van der Waals surface area contributed by atoms with Crippen LogP contribution in [0, 0.1) is 0 Å². The van der Waals surface area contributed by atoms with E-state index < -0.39 is 12.0 Å². The Labute approximate surface area is 110 Å². The molecule has 0 saturated heterocycles. The van der Waals surface area contributed by atoms with E-state index >= 15 is 0 Å². The van der Waals surface area contributed by atoms with Crippen LogP contribution < -0.4 is 10.5 Å². The largest absolute Gasteiger partial charge is 0.497 e. The van der Waals surface area contributed by atoms with Crippen molar-refractivity contribution in [1.82, 2.24) is 9.97 Å². The van der Waals surface area contributed by atoms with Gasteiger partial charge in [-0.2, -0.15) is 0 Å². The Bertz CT molecular complexity index is 580. The minimum absolute atomic E-state index is 0.166. The van der Waals surface area contributed by atoms with Gasteiger partial charge < -0.3 is 20.6 Å². The third-order valence-corrected chi connectivity index (χ3v) is 2.74. The summed E-state index contributed by atoms with van der Waals surface area (Å²) in [4.78, 5) is 17.9. The van der Waals surface area contributed by atoms with Gasteiger partial charge >= 0.3 is 5.97 Å². The molecule has 0 amide bonds. The molecule has 1 atom stereocenters. The van der Waals surface area contributed by atoms with Crippen molar-refractivity contribution in [2.45, 2.75) is 12.5 Å². The molecule has 2 rings (SSSR count). The first-order valence-corrected chi connectivity index (χ1v) is 5.77. The number of hydrogen-bond donors (Lipinski definition) is 3. The van der Waals surface area contributed by atoms with E-state index in [4.69, 9.17) is 15.6 Å². The lowest BCUT2D eigenvalue weighted by Gasteiger charge is -2.03. The average Bonchev–Trinajstić information content (AvgIpc) is 2.87. The Balaban J connectivity index is 2.18. The molecule has 0 aliphatic heterocycles. The van der Waals surface area contributed by atoms with Crippen LogP contribution in [0.5, 0.6) is 5.75 Å². The molecular weight excluding hydrogens is 246 g/mol. The van der Waals surface area contributed by atoms with Gasteiger partial charge in [-0.05, 0) is 12.1 Å². The minimum Gasteiger partial charge on any atom is -0.497 e. The van der Waals surface area contributed by atoms with Gasteiger partial charge in [-0.15, -0.1) is 0 Å². The summed E-state index contributed by atoms with van der Waals surface area (Å²) in [6.45, 7) is 0. The van der Waals surface area contributed by atoms with Crippen LogP contribution in [0.4, 0.5) is 0 Å². The van der Waals surface area contributed by atoms with Gasteiger partial charge in [0.25, 0.3) is 0 Å². The van der Waals surface area contributed by atoms with Crippen molar-refractivity contribution in [3.05, 3.63) is 36.3 Å². The molecular formula is C13H15N3O3. The smallest absolute Gasteiger partial charge is 0.320 e. The standard InChI is InChI=1S/C13H15N3O3/c1-19-9-4-2-3-8(5-9)11-7-15-12(16-11)6-10(14)13(17)18/h2-5,7,10H,6,14H2,1H3,(H,15,16)(H,17,18). The summed E-state index contributed by atoms with van der Waals surface area (Å²) >= 11 is 0. The molecule has 6 heteroatoms. The quantitative estimate of drug-likeness (QED) is 0.746.